The van der Waals surface area contributed by atoms with Crippen LogP contribution >= 0.6 is 0 Å². The van der Waals surface area contributed by atoms with Crippen molar-refractivity contribution in [2.24, 2.45) is 0 Å². The van der Waals surface area contributed by atoms with Gasteiger partial charge in [-0.3, -0.25) is 4.79 Å². The van der Waals surface area contributed by atoms with Crippen molar-refractivity contribution in [1.82, 2.24) is 9.21 Å². The van der Waals surface area contributed by atoms with E-state index in [0.717, 1.165) is 5.76 Å². The summed E-state index contributed by atoms with van der Waals surface area (Å²) in [6.45, 7) is 1.05. The van der Waals surface area contributed by atoms with E-state index in [1.807, 2.05) is 6.07 Å². The Balaban J connectivity index is 1.57. The third-order valence-corrected chi connectivity index (χ3v) is 6.41. The molecule has 1 fully saturated rings. The minimum Gasteiger partial charge on any atom is -0.478 e. The molecule has 1 aromatic heterocycles. The number of carboxylic acids is 1. The summed E-state index contributed by atoms with van der Waals surface area (Å²) in [6, 6.07) is 8.70. The molecule has 9 heteroatoms. The number of benzene rings is 1. The van der Waals surface area contributed by atoms with E-state index < -0.39 is 16.0 Å². The zero-order valence-corrected chi connectivity index (χ0v) is 15.4. The summed E-state index contributed by atoms with van der Waals surface area (Å²) in [5, 5.41) is 8.91. The van der Waals surface area contributed by atoms with Crippen LogP contribution in [0.15, 0.2) is 52.0 Å². The summed E-state index contributed by atoms with van der Waals surface area (Å²) in [7, 11) is -3.71. The van der Waals surface area contributed by atoms with E-state index in [-0.39, 0.29) is 29.5 Å². The number of amides is 1. The van der Waals surface area contributed by atoms with Crippen LogP contribution in [0.25, 0.3) is 0 Å². The lowest BCUT2D eigenvalue weighted by Crippen LogP contribution is -2.50. The first-order chi connectivity index (χ1) is 12.9. The summed E-state index contributed by atoms with van der Waals surface area (Å²) < 4.78 is 31.9. The monoisotopic (exact) mass is 392 g/mol. The lowest BCUT2D eigenvalue weighted by Gasteiger charge is -2.34. The molecule has 0 saturated carbocycles. The molecular formula is C18H20N2O6S. The van der Waals surface area contributed by atoms with Crippen molar-refractivity contribution >= 4 is 21.9 Å². The van der Waals surface area contributed by atoms with Gasteiger partial charge in [-0.25, -0.2) is 13.2 Å². The van der Waals surface area contributed by atoms with E-state index in [9.17, 15) is 18.0 Å². The summed E-state index contributed by atoms with van der Waals surface area (Å²) in [6.07, 6.45) is 2.39. The average Bonchev–Trinajstić information content (AvgIpc) is 3.20. The molecule has 1 aliphatic rings. The van der Waals surface area contributed by atoms with Crippen molar-refractivity contribution in [2.45, 2.75) is 17.7 Å². The van der Waals surface area contributed by atoms with Gasteiger partial charge in [0.15, 0.2) is 0 Å². The van der Waals surface area contributed by atoms with E-state index in [0.29, 0.717) is 25.9 Å². The Bertz CT molecular complexity index is 898. The number of furan rings is 1. The Morgan fingerprint density at radius 2 is 1.70 bits per heavy atom. The Morgan fingerprint density at radius 1 is 1.04 bits per heavy atom. The topological polar surface area (TPSA) is 108 Å². The van der Waals surface area contributed by atoms with Gasteiger partial charge in [0.1, 0.15) is 5.76 Å². The summed E-state index contributed by atoms with van der Waals surface area (Å²) >= 11 is 0. The summed E-state index contributed by atoms with van der Waals surface area (Å²) in [5.74, 6) is -0.399. The minimum absolute atomic E-state index is 0.0286. The molecule has 27 heavy (non-hydrogen) atoms. The maximum absolute atomic E-state index is 12.7. The highest BCUT2D eigenvalue weighted by Crippen LogP contribution is 2.19. The molecule has 0 aliphatic carbocycles. The smallest absolute Gasteiger partial charge is 0.335 e. The van der Waals surface area contributed by atoms with Crippen molar-refractivity contribution in [1.29, 1.82) is 0 Å². The molecule has 3 rings (SSSR count). The van der Waals surface area contributed by atoms with Crippen molar-refractivity contribution in [3.8, 4) is 0 Å². The molecule has 1 aliphatic heterocycles. The van der Waals surface area contributed by atoms with E-state index in [4.69, 9.17) is 9.52 Å². The molecule has 1 saturated heterocycles. The van der Waals surface area contributed by atoms with E-state index in [2.05, 4.69) is 0 Å². The fraction of sp³-hybridized carbons (Fsp3) is 0.333. The Labute approximate surface area is 157 Å². The van der Waals surface area contributed by atoms with Crippen LogP contribution in [-0.2, 0) is 21.2 Å². The highest BCUT2D eigenvalue weighted by atomic mass is 32.2. The second-order valence-electron chi connectivity index (χ2n) is 6.19. The number of carbonyl (C=O) groups excluding carboxylic acids is 1. The van der Waals surface area contributed by atoms with Crippen LogP contribution < -0.4 is 0 Å². The summed E-state index contributed by atoms with van der Waals surface area (Å²) in [5.41, 5.74) is 0.0286. The molecule has 2 heterocycles. The second kappa shape index (κ2) is 7.93. The molecular weight excluding hydrogens is 372 g/mol. The number of sulfonamides is 1. The normalized spacial score (nSPS) is 15.6. The van der Waals surface area contributed by atoms with Gasteiger partial charge in [-0.1, -0.05) is 0 Å². The zero-order chi connectivity index (χ0) is 19.4. The lowest BCUT2D eigenvalue weighted by molar-refractivity contribution is -0.132. The highest BCUT2D eigenvalue weighted by molar-refractivity contribution is 7.89. The van der Waals surface area contributed by atoms with Gasteiger partial charge in [0, 0.05) is 39.0 Å². The highest BCUT2D eigenvalue weighted by Gasteiger charge is 2.30. The van der Waals surface area contributed by atoms with Gasteiger partial charge in [0.2, 0.25) is 15.9 Å². The predicted octanol–water partition coefficient (Wildman–Crippen LogP) is 1.44. The van der Waals surface area contributed by atoms with Crippen molar-refractivity contribution < 1.29 is 27.5 Å². The molecule has 8 nitrogen and oxygen atoms in total. The van der Waals surface area contributed by atoms with Crippen LogP contribution in [-0.4, -0.2) is 60.8 Å². The molecule has 1 N–H and O–H groups in total. The number of aromatic carboxylic acids is 1. The number of aryl methyl sites for hydroxylation is 1. The first kappa shape index (κ1) is 19.1. The molecule has 0 radical (unpaired) electrons. The Morgan fingerprint density at radius 3 is 2.26 bits per heavy atom. The first-order valence-corrected chi connectivity index (χ1v) is 9.95. The number of hydrogen-bond donors (Lipinski definition) is 1. The van der Waals surface area contributed by atoms with Crippen LogP contribution in [0.1, 0.15) is 22.5 Å². The number of carbonyl (C=O) groups is 2. The molecule has 0 atom stereocenters. The maximum atomic E-state index is 12.7. The molecule has 2 aromatic rings. The molecule has 0 spiro atoms. The lowest BCUT2D eigenvalue weighted by atomic mass is 10.2. The Kier molecular flexibility index (Phi) is 5.62. The van der Waals surface area contributed by atoms with Crippen LogP contribution in [0, 0.1) is 0 Å². The third kappa shape index (κ3) is 4.37. The minimum atomic E-state index is -3.71. The largest absolute Gasteiger partial charge is 0.478 e. The van der Waals surface area contributed by atoms with Crippen LogP contribution in [0.4, 0.5) is 0 Å². The van der Waals surface area contributed by atoms with Gasteiger partial charge in [0.05, 0.1) is 16.7 Å². The number of rotatable bonds is 6. The van der Waals surface area contributed by atoms with E-state index in [1.54, 1.807) is 17.2 Å². The average molecular weight is 392 g/mol. The molecule has 1 amide bonds. The van der Waals surface area contributed by atoms with E-state index >= 15 is 0 Å². The standard InChI is InChI=1S/C18H20N2O6S/c21-17(8-5-15-2-1-13-26-15)19-9-11-20(12-10-19)27(24,25)16-6-3-14(4-7-16)18(22)23/h1-4,6-7,13H,5,8-12H2,(H,22,23). The molecule has 0 unspecified atom stereocenters. The Hall–Kier alpha value is -2.65. The molecule has 1 aromatic carbocycles. The second-order valence-corrected chi connectivity index (χ2v) is 8.13. The first-order valence-electron chi connectivity index (χ1n) is 8.51. The number of piperazine rings is 1. The van der Waals surface area contributed by atoms with Gasteiger partial charge in [-0.05, 0) is 36.4 Å². The van der Waals surface area contributed by atoms with Crippen LogP contribution in [0.3, 0.4) is 0 Å². The maximum Gasteiger partial charge on any atom is 0.335 e. The van der Waals surface area contributed by atoms with Crippen molar-refractivity contribution in [3.63, 3.8) is 0 Å². The number of nitrogens with zero attached hydrogens (tertiary/aromatic N) is 2. The van der Waals surface area contributed by atoms with Gasteiger partial charge in [0.25, 0.3) is 0 Å². The number of hydrogen-bond acceptors (Lipinski definition) is 5. The number of carboxylic acid groups (broad SMARTS) is 1. The van der Waals surface area contributed by atoms with Gasteiger partial charge < -0.3 is 14.4 Å². The van der Waals surface area contributed by atoms with Crippen molar-refractivity contribution in [2.75, 3.05) is 26.2 Å². The van der Waals surface area contributed by atoms with Crippen LogP contribution in [0.5, 0.6) is 0 Å². The van der Waals surface area contributed by atoms with Gasteiger partial charge in [-0.15, -0.1) is 0 Å². The third-order valence-electron chi connectivity index (χ3n) is 4.50. The summed E-state index contributed by atoms with van der Waals surface area (Å²) in [4.78, 5) is 24.9. The quantitative estimate of drug-likeness (QED) is 0.797. The fourth-order valence-electron chi connectivity index (χ4n) is 2.94. The van der Waals surface area contributed by atoms with Gasteiger partial charge in [-0.2, -0.15) is 4.31 Å². The SMILES string of the molecule is O=C(O)c1ccc(S(=O)(=O)N2CCN(C(=O)CCc3ccco3)CC2)cc1. The van der Waals surface area contributed by atoms with Gasteiger partial charge >= 0.3 is 5.97 Å². The fourth-order valence-corrected chi connectivity index (χ4v) is 4.36. The predicted molar refractivity (Wildman–Crippen MR) is 95.8 cm³/mol. The van der Waals surface area contributed by atoms with Crippen LogP contribution in [0.2, 0.25) is 0 Å². The van der Waals surface area contributed by atoms with E-state index in [1.165, 1.54) is 28.6 Å². The zero-order valence-electron chi connectivity index (χ0n) is 14.6. The molecule has 0 bridgehead atoms. The van der Waals surface area contributed by atoms with Crippen molar-refractivity contribution in [3.05, 3.63) is 54.0 Å². The molecule has 144 valence electrons.